The van der Waals surface area contributed by atoms with Crippen molar-refractivity contribution in [3.05, 3.63) is 89.4 Å². The fourth-order valence-electron chi connectivity index (χ4n) is 4.10. The van der Waals surface area contributed by atoms with Crippen LogP contribution >= 0.6 is 24.0 Å². The van der Waals surface area contributed by atoms with Gasteiger partial charge in [-0.05, 0) is 37.1 Å². The summed E-state index contributed by atoms with van der Waals surface area (Å²) in [6.45, 7) is 13.2. The summed E-state index contributed by atoms with van der Waals surface area (Å²) in [5.41, 5.74) is 4.77. The number of fused-ring (bicyclic) bond motifs is 1. The van der Waals surface area contributed by atoms with Gasteiger partial charge in [0, 0.05) is 18.7 Å². The number of thioether (sulfide) groups is 1. The Labute approximate surface area is 204 Å². The smallest absolute Gasteiger partial charge is 0.271 e. The molecule has 2 aromatic rings. The summed E-state index contributed by atoms with van der Waals surface area (Å²) in [6, 6.07) is 13.4. The summed E-state index contributed by atoms with van der Waals surface area (Å²) in [5.74, 6) is -0.455. The van der Waals surface area contributed by atoms with Gasteiger partial charge in [0.2, 0.25) is 0 Å². The molecule has 0 radical (unpaired) electrons. The molecule has 0 atom stereocenters. The molecule has 0 aliphatic carbocycles. The number of benzene rings is 2. The highest BCUT2D eigenvalue weighted by Gasteiger charge is 2.43. The topological polar surface area (TPSA) is 43.9 Å². The zero-order chi connectivity index (χ0) is 23.7. The number of hydrogen-bond acceptors (Lipinski definition) is 5. The normalized spacial score (nSPS) is 17.8. The first kappa shape index (κ1) is 23.2. The van der Waals surface area contributed by atoms with Gasteiger partial charge in [-0.3, -0.25) is 24.3 Å². The van der Waals surface area contributed by atoms with E-state index in [0.717, 1.165) is 28.1 Å². The van der Waals surface area contributed by atoms with Crippen molar-refractivity contribution in [1.29, 1.82) is 0 Å². The second-order valence-corrected chi connectivity index (χ2v) is 9.58. The maximum absolute atomic E-state index is 13.7. The molecular formula is C26H25N3O2S2. The number of aryl methyl sites for hydroxylation is 1. The van der Waals surface area contributed by atoms with E-state index in [9.17, 15) is 9.59 Å². The molecule has 168 valence electrons. The molecule has 33 heavy (non-hydrogen) atoms. The van der Waals surface area contributed by atoms with E-state index in [4.69, 9.17) is 12.2 Å². The second-order valence-electron chi connectivity index (χ2n) is 7.94. The fourth-order valence-corrected chi connectivity index (χ4v) is 5.46. The summed E-state index contributed by atoms with van der Waals surface area (Å²) in [5, 5.41) is 0. The van der Waals surface area contributed by atoms with Crippen molar-refractivity contribution in [3.63, 3.8) is 0 Å². The van der Waals surface area contributed by atoms with Crippen molar-refractivity contribution in [2.75, 3.05) is 29.6 Å². The third-order valence-electron chi connectivity index (χ3n) is 5.85. The predicted molar refractivity (Wildman–Crippen MR) is 141 cm³/mol. The highest BCUT2D eigenvalue weighted by Crippen LogP contribution is 2.46. The highest BCUT2D eigenvalue weighted by atomic mass is 32.2. The molecule has 4 rings (SSSR count). The summed E-state index contributed by atoms with van der Waals surface area (Å²) in [6.07, 6.45) is 3.60. The van der Waals surface area contributed by atoms with Crippen molar-refractivity contribution >= 4 is 57.1 Å². The molecule has 2 aliphatic rings. The van der Waals surface area contributed by atoms with Gasteiger partial charge in [-0.2, -0.15) is 0 Å². The van der Waals surface area contributed by atoms with Crippen molar-refractivity contribution in [1.82, 2.24) is 4.90 Å². The van der Waals surface area contributed by atoms with E-state index in [0.29, 0.717) is 34.6 Å². The first-order valence-corrected chi connectivity index (χ1v) is 11.8. The van der Waals surface area contributed by atoms with E-state index >= 15 is 0 Å². The van der Waals surface area contributed by atoms with E-state index in [1.807, 2.05) is 56.3 Å². The third kappa shape index (κ3) is 4.08. The molecule has 2 aromatic carbocycles. The summed E-state index contributed by atoms with van der Waals surface area (Å²) in [4.78, 5) is 33.0. The van der Waals surface area contributed by atoms with Crippen molar-refractivity contribution in [3.8, 4) is 0 Å². The number of carbonyl (C=O) groups excluding carboxylic acids is 2. The van der Waals surface area contributed by atoms with Crippen LogP contribution in [0.3, 0.4) is 0 Å². The first-order chi connectivity index (χ1) is 15.9. The molecule has 5 nitrogen and oxygen atoms in total. The van der Waals surface area contributed by atoms with Gasteiger partial charge in [-0.25, -0.2) is 0 Å². The van der Waals surface area contributed by atoms with Crippen LogP contribution in [0.25, 0.3) is 5.57 Å². The van der Waals surface area contributed by atoms with Gasteiger partial charge >= 0.3 is 0 Å². The molecule has 1 saturated heterocycles. The predicted octanol–water partition coefficient (Wildman–Crippen LogP) is 5.06. The summed E-state index contributed by atoms with van der Waals surface area (Å²) < 4.78 is 0.430. The minimum Gasteiger partial charge on any atom is -0.294 e. The number of para-hydroxylation sites is 1. The van der Waals surface area contributed by atoms with Gasteiger partial charge in [-0.15, -0.1) is 13.2 Å². The Hall–Kier alpha value is -3.00. The van der Waals surface area contributed by atoms with Crippen LogP contribution in [0.2, 0.25) is 0 Å². The lowest BCUT2D eigenvalue weighted by Gasteiger charge is -2.26. The van der Waals surface area contributed by atoms with Crippen LogP contribution in [0.1, 0.15) is 16.7 Å². The largest absolute Gasteiger partial charge is 0.294 e. The zero-order valence-corrected chi connectivity index (χ0v) is 20.3. The van der Waals surface area contributed by atoms with E-state index in [1.54, 1.807) is 22.0 Å². The molecule has 0 aromatic heterocycles. The van der Waals surface area contributed by atoms with Crippen LogP contribution in [0.4, 0.5) is 11.4 Å². The first-order valence-electron chi connectivity index (χ1n) is 10.6. The van der Waals surface area contributed by atoms with Crippen molar-refractivity contribution < 1.29 is 9.59 Å². The second kappa shape index (κ2) is 9.47. The molecule has 2 amide bonds. The van der Waals surface area contributed by atoms with Gasteiger partial charge < -0.3 is 0 Å². The van der Waals surface area contributed by atoms with Gasteiger partial charge in [0.1, 0.15) is 0 Å². The van der Waals surface area contributed by atoms with E-state index in [2.05, 4.69) is 18.1 Å². The van der Waals surface area contributed by atoms with Crippen LogP contribution < -0.4 is 9.80 Å². The number of amides is 2. The van der Waals surface area contributed by atoms with Gasteiger partial charge in [0.25, 0.3) is 11.8 Å². The lowest BCUT2D eigenvalue weighted by atomic mass is 10.1. The molecule has 0 spiro atoms. The van der Waals surface area contributed by atoms with E-state index in [-0.39, 0.29) is 11.8 Å². The van der Waals surface area contributed by atoms with Gasteiger partial charge in [-0.1, -0.05) is 66.5 Å². The summed E-state index contributed by atoms with van der Waals surface area (Å²) >= 11 is 6.79. The monoisotopic (exact) mass is 475 g/mol. The standard InChI is InChI=1S/C26H25N3O2S2/c1-5-14-27(15-6-2)16-28-21-12-8-7-11-19(21)22(24(28)30)23-25(31)29(26(32)33-23)20-13-9-10-17(3)18(20)4/h5-13H,1-2,14-16H2,3-4H3. The molecule has 0 bridgehead atoms. The Morgan fingerprint density at radius 1 is 0.970 bits per heavy atom. The number of carbonyl (C=O) groups is 2. The summed E-state index contributed by atoms with van der Waals surface area (Å²) in [7, 11) is 0. The molecule has 2 aliphatic heterocycles. The number of rotatable bonds is 7. The Kier molecular flexibility index (Phi) is 6.65. The van der Waals surface area contributed by atoms with Crippen LogP contribution in [-0.4, -0.2) is 40.8 Å². The van der Waals surface area contributed by atoms with Crippen LogP contribution in [0.5, 0.6) is 0 Å². The zero-order valence-electron chi connectivity index (χ0n) is 18.7. The maximum atomic E-state index is 13.7. The maximum Gasteiger partial charge on any atom is 0.271 e. The average molecular weight is 476 g/mol. The molecular weight excluding hydrogens is 450 g/mol. The number of anilines is 2. The quantitative estimate of drug-likeness (QED) is 0.318. The number of hydrogen-bond donors (Lipinski definition) is 0. The van der Waals surface area contributed by atoms with Crippen LogP contribution in [0.15, 0.2) is 72.7 Å². The Bertz CT molecular complexity index is 1210. The van der Waals surface area contributed by atoms with Gasteiger partial charge in [0.15, 0.2) is 4.32 Å². The Morgan fingerprint density at radius 3 is 2.33 bits per heavy atom. The Morgan fingerprint density at radius 2 is 1.64 bits per heavy atom. The minimum atomic E-state index is -0.257. The average Bonchev–Trinajstić information content (AvgIpc) is 3.23. The molecule has 0 unspecified atom stereocenters. The number of thiocarbonyl (C=S) groups is 1. The van der Waals surface area contributed by atoms with Crippen LogP contribution in [0, 0.1) is 13.8 Å². The number of nitrogens with zero attached hydrogens (tertiary/aromatic N) is 3. The minimum absolute atomic E-state index is 0.198. The fraction of sp³-hybridized carbons (Fsp3) is 0.192. The third-order valence-corrected chi connectivity index (χ3v) is 7.23. The van der Waals surface area contributed by atoms with Gasteiger partial charge in [0.05, 0.1) is 28.5 Å². The molecule has 0 saturated carbocycles. The lowest BCUT2D eigenvalue weighted by molar-refractivity contribution is -0.115. The van der Waals surface area contributed by atoms with E-state index < -0.39 is 0 Å². The highest BCUT2D eigenvalue weighted by molar-refractivity contribution is 8.27. The molecule has 0 N–H and O–H groups in total. The molecule has 7 heteroatoms. The van der Waals surface area contributed by atoms with E-state index in [1.165, 1.54) is 11.8 Å². The van der Waals surface area contributed by atoms with Crippen molar-refractivity contribution in [2.45, 2.75) is 13.8 Å². The molecule has 2 heterocycles. The molecule has 1 fully saturated rings. The van der Waals surface area contributed by atoms with Crippen LogP contribution in [-0.2, 0) is 9.59 Å². The lowest BCUT2D eigenvalue weighted by Crippen LogP contribution is -2.40. The van der Waals surface area contributed by atoms with Crippen molar-refractivity contribution in [2.24, 2.45) is 0 Å². The Balaban J connectivity index is 1.77. The SMILES string of the molecule is C=CCN(CC=C)CN1C(=O)C(=C2SC(=S)N(c3cccc(C)c3C)C2=O)c2ccccc21.